The minimum atomic E-state index is -3.58. The lowest BCUT2D eigenvalue weighted by Gasteiger charge is -2.29. The van der Waals surface area contributed by atoms with Gasteiger partial charge in [0.1, 0.15) is 23.1 Å². The highest BCUT2D eigenvalue weighted by atomic mass is 31.2. The van der Waals surface area contributed by atoms with Crippen LogP contribution in [0.4, 0.5) is 5.82 Å². The summed E-state index contributed by atoms with van der Waals surface area (Å²) >= 11 is 0. The number of hydrogen-bond acceptors (Lipinski definition) is 6. The van der Waals surface area contributed by atoms with Gasteiger partial charge < -0.3 is 14.9 Å². The number of nitrogens with zero attached hydrogens (tertiary/aromatic N) is 1. The zero-order chi connectivity index (χ0) is 21.8. The number of anilines is 1. The molecule has 1 heterocycles. The summed E-state index contributed by atoms with van der Waals surface area (Å²) in [5.41, 5.74) is 2.05. The van der Waals surface area contributed by atoms with Gasteiger partial charge in [0.2, 0.25) is 0 Å². The van der Waals surface area contributed by atoms with Crippen LogP contribution in [0.1, 0.15) is 57.7 Å². The molecule has 6 nitrogen and oxygen atoms in total. The lowest BCUT2D eigenvalue weighted by Crippen LogP contribution is -2.24. The third-order valence-electron chi connectivity index (χ3n) is 4.70. The molecule has 0 saturated carbocycles. The molecule has 0 radical (unpaired) electrons. The zero-order valence-corrected chi connectivity index (χ0v) is 19.3. The second-order valence-corrected chi connectivity index (χ2v) is 10.3. The Morgan fingerprint density at radius 1 is 1.21 bits per heavy atom. The van der Waals surface area contributed by atoms with Crippen LogP contribution in [0.15, 0.2) is 30.5 Å². The maximum atomic E-state index is 13.8. The number of rotatable bonds is 8. The van der Waals surface area contributed by atoms with Crippen molar-refractivity contribution in [2.24, 2.45) is 0 Å². The van der Waals surface area contributed by atoms with Crippen molar-refractivity contribution in [2.75, 3.05) is 11.9 Å². The number of nitrogens with one attached hydrogen (secondary N) is 1. The van der Waals surface area contributed by atoms with E-state index in [0.717, 1.165) is 11.1 Å². The topological polar surface area (TPSA) is 80.7 Å². The molecule has 1 aromatic carbocycles. The van der Waals surface area contributed by atoms with Crippen LogP contribution in [0.2, 0.25) is 0 Å². The van der Waals surface area contributed by atoms with Crippen LogP contribution in [-0.2, 0) is 14.5 Å². The highest BCUT2D eigenvalue weighted by Crippen LogP contribution is 2.55. The molecule has 160 valence electrons. The van der Waals surface area contributed by atoms with E-state index >= 15 is 0 Å². The predicted molar refractivity (Wildman–Crippen MR) is 118 cm³/mol. The molecule has 0 fully saturated rings. The summed E-state index contributed by atoms with van der Waals surface area (Å²) in [4.78, 5) is 4.34. The molecule has 0 aliphatic heterocycles. The average Bonchev–Trinajstić information content (AvgIpc) is 2.63. The van der Waals surface area contributed by atoms with E-state index in [1.807, 2.05) is 46.8 Å². The quantitative estimate of drug-likeness (QED) is 0.498. The van der Waals surface area contributed by atoms with E-state index < -0.39 is 13.4 Å². The van der Waals surface area contributed by atoms with Crippen molar-refractivity contribution in [2.45, 2.75) is 66.1 Å². The molecular weight excluding hydrogens is 387 g/mol. The number of hydrogen-bond donors (Lipinski definition) is 2. The summed E-state index contributed by atoms with van der Waals surface area (Å²) in [6.07, 6.45) is 2.21. The molecule has 0 aliphatic rings. The third-order valence-corrected chi connectivity index (χ3v) is 7.05. The summed E-state index contributed by atoms with van der Waals surface area (Å²) in [6.45, 7) is 13.7. The second kappa shape index (κ2) is 9.19. The van der Waals surface area contributed by atoms with E-state index in [0.29, 0.717) is 23.6 Å². The summed E-state index contributed by atoms with van der Waals surface area (Å²) in [6, 6.07) is 7.22. The van der Waals surface area contributed by atoms with Gasteiger partial charge in [-0.2, -0.15) is 0 Å². The SMILES string of the molecule is CCOP(=O)(Oc1cc(C)c(O)c(C(C)(C)C)c1)C(CC)Nc1ncccc1C. The van der Waals surface area contributed by atoms with Crippen molar-refractivity contribution in [1.82, 2.24) is 4.98 Å². The van der Waals surface area contributed by atoms with Crippen LogP contribution in [0.25, 0.3) is 0 Å². The monoisotopic (exact) mass is 420 g/mol. The van der Waals surface area contributed by atoms with Gasteiger partial charge in [-0.3, -0.25) is 4.52 Å². The number of phenolic OH excluding ortho intramolecular Hbond substituents is 1. The summed E-state index contributed by atoms with van der Waals surface area (Å²) in [7, 11) is -3.58. The van der Waals surface area contributed by atoms with Crippen LogP contribution in [0.3, 0.4) is 0 Å². The number of benzene rings is 1. The van der Waals surface area contributed by atoms with Gasteiger partial charge in [0.25, 0.3) is 0 Å². The van der Waals surface area contributed by atoms with Crippen molar-refractivity contribution in [3.8, 4) is 11.5 Å². The van der Waals surface area contributed by atoms with Crippen molar-refractivity contribution in [1.29, 1.82) is 0 Å². The number of aromatic hydroxyl groups is 1. The van der Waals surface area contributed by atoms with Crippen LogP contribution in [-0.4, -0.2) is 22.5 Å². The number of pyridine rings is 1. The molecule has 2 aromatic rings. The average molecular weight is 420 g/mol. The Labute approximate surface area is 174 Å². The molecule has 0 aliphatic carbocycles. The maximum absolute atomic E-state index is 13.8. The van der Waals surface area contributed by atoms with Gasteiger partial charge in [0.05, 0.1) is 6.61 Å². The standard InChI is InChI=1S/C22H33N2O4P/c1-8-19(24-21-15(3)11-10-12-23-21)29(26,27-9-2)28-17-13-16(4)20(25)18(14-17)22(5,6)7/h10-14,19,25H,8-9H2,1-7H3,(H,23,24). The molecule has 2 rings (SSSR count). The first-order valence-corrected chi connectivity index (χ1v) is 11.6. The molecular formula is C22H33N2O4P. The Kier molecular flexibility index (Phi) is 7.36. The van der Waals surface area contributed by atoms with Gasteiger partial charge in [0.15, 0.2) is 0 Å². The lowest BCUT2D eigenvalue weighted by molar-refractivity contribution is 0.271. The summed E-state index contributed by atoms with van der Waals surface area (Å²) in [5.74, 6) is 0.730. The minimum absolute atomic E-state index is 0.227. The van der Waals surface area contributed by atoms with Crippen molar-refractivity contribution >= 4 is 13.4 Å². The van der Waals surface area contributed by atoms with Crippen LogP contribution >= 0.6 is 7.60 Å². The van der Waals surface area contributed by atoms with E-state index in [2.05, 4.69) is 10.3 Å². The molecule has 1 aromatic heterocycles. The molecule has 0 amide bonds. The number of aryl methyl sites for hydroxylation is 2. The highest BCUT2D eigenvalue weighted by molar-refractivity contribution is 7.55. The molecule has 2 unspecified atom stereocenters. The number of aromatic nitrogens is 1. The fraction of sp³-hybridized carbons (Fsp3) is 0.500. The van der Waals surface area contributed by atoms with E-state index in [1.165, 1.54) is 0 Å². The van der Waals surface area contributed by atoms with E-state index in [-0.39, 0.29) is 17.8 Å². The highest BCUT2D eigenvalue weighted by Gasteiger charge is 2.37. The van der Waals surface area contributed by atoms with Gasteiger partial charge in [-0.15, -0.1) is 0 Å². The zero-order valence-electron chi connectivity index (χ0n) is 18.4. The summed E-state index contributed by atoms with van der Waals surface area (Å²) < 4.78 is 25.5. The van der Waals surface area contributed by atoms with Crippen molar-refractivity contribution < 1.29 is 18.7 Å². The van der Waals surface area contributed by atoms with E-state index in [4.69, 9.17) is 9.05 Å². The van der Waals surface area contributed by atoms with Gasteiger partial charge in [-0.05, 0) is 61.9 Å². The number of phenols is 1. The Balaban J connectivity index is 2.43. The minimum Gasteiger partial charge on any atom is -0.507 e. The summed E-state index contributed by atoms with van der Waals surface area (Å²) in [5, 5.41) is 13.7. The van der Waals surface area contributed by atoms with Crippen LogP contribution in [0.5, 0.6) is 11.5 Å². The normalized spacial score (nSPS) is 14.9. The largest absolute Gasteiger partial charge is 0.507 e. The molecule has 7 heteroatoms. The maximum Gasteiger partial charge on any atom is 0.401 e. The van der Waals surface area contributed by atoms with Gasteiger partial charge in [0, 0.05) is 11.8 Å². The molecule has 29 heavy (non-hydrogen) atoms. The van der Waals surface area contributed by atoms with Crippen molar-refractivity contribution in [3.05, 3.63) is 47.2 Å². The van der Waals surface area contributed by atoms with E-state index in [1.54, 1.807) is 32.2 Å². The smallest absolute Gasteiger partial charge is 0.401 e. The second-order valence-electron chi connectivity index (χ2n) is 8.17. The first kappa shape index (κ1) is 23.2. The predicted octanol–water partition coefficient (Wildman–Crippen LogP) is 6.16. The van der Waals surface area contributed by atoms with E-state index in [9.17, 15) is 9.67 Å². The Morgan fingerprint density at radius 2 is 1.90 bits per heavy atom. The Morgan fingerprint density at radius 3 is 2.45 bits per heavy atom. The molecule has 2 N–H and O–H groups in total. The van der Waals surface area contributed by atoms with Crippen molar-refractivity contribution in [3.63, 3.8) is 0 Å². The molecule has 0 saturated heterocycles. The van der Waals surface area contributed by atoms with Gasteiger partial charge in [-0.1, -0.05) is 33.8 Å². The molecule has 0 bridgehead atoms. The molecule has 0 spiro atoms. The lowest BCUT2D eigenvalue weighted by atomic mass is 9.85. The van der Waals surface area contributed by atoms with Crippen LogP contribution in [0, 0.1) is 13.8 Å². The fourth-order valence-corrected chi connectivity index (χ4v) is 4.92. The molecule has 2 atom stereocenters. The fourth-order valence-electron chi connectivity index (χ4n) is 3.08. The first-order chi connectivity index (χ1) is 13.5. The first-order valence-electron chi connectivity index (χ1n) is 9.98. The van der Waals surface area contributed by atoms with Gasteiger partial charge in [-0.25, -0.2) is 9.55 Å². The Bertz CT molecular complexity index is 893. The van der Waals surface area contributed by atoms with Gasteiger partial charge >= 0.3 is 7.60 Å². The Hall–Kier alpha value is -2.04. The van der Waals surface area contributed by atoms with Crippen LogP contribution < -0.4 is 9.84 Å². The third kappa shape index (κ3) is 5.52.